The molecule has 1 rings (SSSR count). The molecular formula is C13H14F4O2. The van der Waals surface area contributed by atoms with Gasteiger partial charge in [-0.15, -0.1) is 0 Å². The van der Waals surface area contributed by atoms with Gasteiger partial charge in [0, 0.05) is 19.6 Å². The van der Waals surface area contributed by atoms with E-state index in [9.17, 15) is 22.4 Å². The highest BCUT2D eigenvalue weighted by molar-refractivity contribution is 5.98. The molecule has 0 saturated carbocycles. The van der Waals surface area contributed by atoms with Crippen molar-refractivity contribution in [3.8, 4) is 0 Å². The minimum absolute atomic E-state index is 0.285. The number of methoxy groups -OCH3 is 1. The second-order valence-corrected chi connectivity index (χ2v) is 4.24. The van der Waals surface area contributed by atoms with E-state index in [1.807, 2.05) is 0 Å². The van der Waals surface area contributed by atoms with Gasteiger partial charge in [-0.3, -0.25) is 4.79 Å². The number of halogens is 4. The van der Waals surface area contributed by atoms with Crippen LogP contribution in [0.2, 0.25) is 0 Å². The van der Waals surface area contributed by atoms with Crippen molar-refractivity contribution >= 4 is 5.78 Å². The first-order valence-corrected chi connectivity index (χ1v) is 5.67. The van der Waals surface area contributed by atoms with Crippen LogP contribution in [-0.4, -0.2) is 19.5 Å². The average Bonchev–Trinajstić information content (AvgIpc) is 2.34. The second-order valence-electron chi connectivity index (χ2n) is 4.24. The Morgan fingerprint density at radius 3 is 2.53 bits per heavy atom. The lowest BCUT2D eigenvalue weighted by molar-refractivity contribution is -0.137. The number of rotatable bonds is 5. The van der Waals surface area contributed by atoms with Crippen LogP contribution >= 0.6 is 0 Å². The molecular weight excluding hydrogens is 264 g/mol. The molecule has 0 aromatic heterocycles. The van der Waals surface area contributed by atoms with Gasteiger partial charge in [0.25, 0.3) is 0 Å². The first-order chi connectivity index (χ1) is 8.77. The highest BCUT2D eigenvalue weighted by Crippen LogP contribution is 2.31. The first-order valence-electron chi connectivity index (χ1n) is 5.67. The minimum atomic E-state index is -4.60. The predicted molar refractivity (Wildman–Crippen MR) is 61.4 cm³/mol. The molecule has 0 heterocycles. The molecule has 19 heavy (non-hydrogen) atoms. The molecule has 0 aliphatic heterocycles. The maximum atomic E-state index is 13.5. The minimum Gasteiger partial charge on any atom is -0.385 e. The predicted octanol–water partition coefficient (Wildman–Crippen LogP) is 3.70. The van der Waals surface area contributed by atoms with E-state index in [4.69, 9.17) is 4.74 Å². The maximum Gasteiger partial charge on any atom is 0.416 e. The van der Waals surface area contributed by atoms with Gasteiger partial charge in [-0.25, -0.2) is 4.39 Å². The Hall–Kier alpha value is -1.43. The van der Waals surface area contributed by atoms with Gasteiger partial charge in [-0.05, 0) is 24.6 Å². The molecule has 1 unspecified atom stereocenters. The molecule has 0 saturated heterocycles. The summed E-state index contributed by atoms with van der Waals surface area (Å²) >= 11 is 0. The third-order valence-electron chi connectivity index (χ3n) is 2.76. The van der Waals surface area contributed by atoms with E-state index in [1.54, 1.807) is 0 Å². The Balaban J connectivity index is 3.02. The maximum absolute atomic E-state index is 13.5. The summed E-state index contributed by atoms with van der Waals surface area (Å²) in [5, 5.41) is 0. The molecule has 106 valence electrons. The Labute approximate surface area is 108 Å². The monoisotopic (exact) mass is 278 g/mol. The molecule has 0 bridgehead atoms. The van der Waals surface area contributed by atoms with Gasteiger partial charge in [-0.1, -0.05) is 6.92 Å². The number of alkyl halides is 3. The summed E-state index contributed by atoms with van der Waals surface area (Å²) in [6, 6.07) is 1.84. The summed E-state index contributed by atoms with van der Waals surface area (Å²) in [5.41, 5.74) is -1.56. The summed E-state index contributed by atoms with van der Waals surface area (Å²) in [6.07, 6.45) is -4.27. The van der Waals surface area contributed by atoms with Crippen molar-refractivity contribution in [2.24, 2.45) is 5.92 Å². The summed E-state index contributed by atoms with van der Waals surface area (Å²) in [6.45, 7) is 1.81. The van der Waals surface area contributed by atoms with Crippen molar-refractivity contribution in [2.45, 2.75) is 19.5 Å². The Morgan fingerprint density at radius 2 is 2.00 bits per heavy atom. The molecule has 0 aliphatic carbocycles. The van der Waals surface area contributed by atoms with Gasteiger partial charge in [0.1, 0.15) is 5.82 Å². The average molecular weight is 278 g/mol. The quantitative estimate of drug-likeness (QED) is 0.606. The van der Waals surface area contributed by atoms with Crippen molar-refractivity contribution in [1.29, 1.82) is 0 Å². The number of benzene rings is 1. The molecule has 0 spiro atoms. The second kappa shape index (κ2) is 6.14. The Morgan fingerprint density at radius 1 is 1.37 bits per heavy atom. The van der Waals surface area contributed by atoms with Crippen LogP contribution in [0.3, 0.4) is 0 Å². The molecule has 2 nitrogen and oxygen atoms in total. The number of Topliss-reactive ketones (excluding diaryl/α,β-unsaturated/α-hetero) is 1. The van der Waals surface area contributed by atoms with E-state index in [-0.39, 0.29) is 6.61 Å². The molecule has 1 aromatic rings. The van der Waals surface area contributed by atoms with Crippen molar-refractivity contribution in [1.82, 2.24) is 0 Å². The van der Waals surface area contributed by atoms with Gasteiger partial charge in [0.15, 0.2) is 5.78 Å². The fourth-order valence-corrected chi connectivity index (χ4v) is 1.58. The molecule has 1 aromatic carbocycles. The fraction of sp³-hybridized carbons (Fsp3) is 0.462. The molecule has 0 radical (unpaired) electrons. The molecule has 6 heteroatoms. The summed E-state index contributed by atoms with van der Waals surface area (Å²) in [7, 11) is 1.45. The van der Waals surface area contributed by atoms with Crippen LogP contribution in [-0.2, 0) is 10.9 Å². The van der Waals surface area contributed by atoms with E-state index in [2.05, 4.69) is 0 Å². The van der Waals surface area contributed by atoms with Gasteiger partial charge in [0.2, 0.25) is 0 Å². The van der Waals surface area contributed by atoms with Crippen molar-refractivity contribution < 1.29 is 27.1 Å². The molecule has 0 N–H and O–H groups in total. The number of carbonyl (C=O) groups excluding carboxylic acids is 1. The lowest BCUT2D eigenvalue weighted by atomic mass is 9.95. The Bertz CT molecular complexity index is 454. The number of carbonyl (C=O) groups is 1. The molecule has 0 fully saturated rings. The zero-order chi connectivity index (χ0) is 14.6. The number of hydrogen-bond donors (Lipinski definition) is 0. The van der Waals surface area contributed by atoms with E-state index >= 15 is 0 Å². The summed E-state index contributed by atoms with van der Waals surface area (Å²) < 4.78 is 55.8. The van der Waals surface area contributed by atoms with Crippen molar-refractivity contribution in [3.05, 3.63) is 35.1 Å². The zero-order valence-corrected chi connectivity index (χ0v) is 10.6. The number of ketones is 1. The summed E-state index contributed by atoms with van der Waals surface area (Å²) in [5.74, 6) is -2.19. The smallest absolute Gasteiger partial charge is 0.385 e. The largest absolute Gasteiger partial charge is 0.416 e. The van der Waals surface area contributed by atoms with Crippen LogP contribution in [0.4, 0.5) is 17.6 Å². The SMILES string of the molecule is COCCC(C)C(=O)c1cc(C(F)(F)F)ccc1F. The van der Waals surface area contributed by atoms with E-state index in [0.29, 0.717) is 24.6 Å². The topological polar surface area (TPSA) is 26.3 Å². The van der Waals surface area contributed by atoms with Gasteiger partial charge >= 0.3 is 6.18 Å². The number of ether oxygens (including phenoxy) is 1. The normalized spacial score (nSPS) is 13.4. The lowest BCUT2D eigenvalue weighted by Gasteiger charge is -2.13. The fourth-order valence-electron chi connectivity index (χ4n) is 1.58. The highest BCUT2D eigenvalue weighted by atomic mass is 19.4. The molecule has 0 aliphatic rings. The third kappa shape index (κ3) is 4.02. The van der Waals surface area contributed by atoms with E-state index in [0.717, 1.165) is 0 Å². The third-order valence-corrected chi connectivity index (χ3v) is 2.76. The molecule has 0 amide bonds. The molecule has 1 atom stereocenters. The van der Waals surface area contributed by atoms with Gasteiger partial charge in [-0.2, -0.15) is 13.2 Å². The number of hydrogen-bond acceptors (Lipinski definition) is 2. The van der Waals surface area contributed by atoms with Crippen molar-refractivity contribution in [3.63, 3.8) is 0 Å². The first kappa shape index (κ1) is 15.6. The zero-order valence-electron chi connectivity index (χ0n) is 10.6. The van der Waals surface area contributed by atoms with Crippen LogP contribution in [0.15, 0.2) is 18.2 Å². The standard InChI is InChI=1S/C13H14F4O2/c1-8(5-6-19-2)12(18)10-7-9(13(15,16)17)3-4-11(10)14/h3-4,7-8H,5-6H2,1-2H3. The van der Waals surface area contributed by atoms with Crippen LogP contribution in [0.1, 0.15) is 29.3 Å². The Kier molecular flexibility index (Phi) is 5.05. The lowest BCUT2D eigenvalue weighted by Crippen LogP contribution is -2.16. The van der Waals surface area contributed by atoms with E-state index < -0.39 is 34.8 Å². The van der Waals surface area contributed by atoms with Crippen LogP contribution in [0, 0.1) is 11.7 Å². The van der Waals surface area contributed by atoms with Crippen molar-refractivity contribution in [2.75, 3.05) is 13.7 Å². The van der Waals surface area contributed by atoms with Crippen LogP contribution < -0.4 is 0 Å². The van der Waals surface area contributed by atoms with Gasteiger partial charge < -0.3 is 4.74 Å². The van der Waals surface area contributed by atoms with Gasteiger partial charge in [0.05, 0.1) is 11.1 Å². The highest BCUT2D eigenvalue weighted by Gasteiger charge is 2.32. The van der Waals surface area contributed by atoms with Crippen LogP contribution in [0.25, 0.3) is 0 Å². The van der Waals surface area contributed by atoms with Crippen LogP contribution in [0.5, 0.6) is 0 Å². The van der Waals surface area contributed by atoms with E-state index in [1.165, 1.54) is 14.0 Å². The summed E-state index contributed by atoms with van der Waals surface area (Å²) in [4.78, 5) is 11.9.